The van der Waals surface area contributed by atoms with Crippen molar-refractivity contribution in [2.45, 2.75) is 36.0 Å². The second kappa shape index (κ2) is 10.7. The van der Waals surface area contributed by atoms with E-state index in [1.54, 1.807) is 48.7 Å². The van der Waals surface area contributed by atoms with Crippen LogP contribution in [0.2, 0.25) is 5.02 Å². The standard InChI is InChI=1S/C27H27ClN4O7S/c1-40(36,17-5-3-2-4-6-17)31-26(35)16-9-7-15(8-10-16)22-18(28)11-19-25(30-22)32(14-33)27(29-19)39-21-13-38-23-20(34)12-37-24(21)23/h2-11,20-21,23-24,33-34,36H,12-14H2,1H3,(H,31,35)/p+1/t20?,21-,23-,24-/m1/s1. The van der Waals surface area contributed by atoms with E-state index in [1.807, 2.05) is 18.2 Å². The Labute approximate surface area is 236 Å². The predicted molar refractivity (Wildman–Crippen MR) is 147 cm³/mol. The fourth-order valence-electron chi connectivity index (χ4n) is 4.94. The Balaban J connectivity index is 1.24. The van der Waals surface area contributed by atoms with E-state index in [9.17, 15) is 19.6 Å². The van der Waals surface area contributed by atoms with Crippen LogP contribution in [0.5, 0.6) is 6.01 Å². The largest absolute Gasteiger partial charge is 0.456 e. The molecule has 5 atom stereocenters. The number of pyridine rings is 1. The average molecular weight is 588 g/mol. The highest BCUT2D eigenvalue weighted by molar-refractivity contribution is 8.23. The highest BCUT2D eigenvalue weighted by Crippen LogP contribution is 2.38. The molecule has 0 bridgehead atoms. The van der Waals surface area contributed by atoms with Gasteiger partial charge in [-0.25, -0.2) is 14.5 Å². The highest BCUT2D eigenvalue weighted by atomic mass is 35.5. The molecule has 4 heterocycles. The third-order valence-electron chi connectivity index (χ3n) is 7.02. The molecule has 13 heteroatoms. The molecule has 0 aliphatic carbocycles. The van der Waals surface area contributed by atoms with Crippen LogP contribution < -0.4 is 9.46 Å². The monoisotopic (exact) mass is 587 g/mol. The molecule has 210 valence electrons. The van der Waals surface area contributed by atoms with Crippen LogP contribution in [0.4, 0.5) is 0 Å². The summed E-state index contributed by atoms with van der Waals surface area (Å²) in [6.07, 6.45) is -0.473. The van der Waals surface area contributed by atoms with E-state index in [4.69, 9.17) is 25.8 Å². The summed E-state index contributed by atoms with van der Waals surface area (Å²) in [7, 11) is -2.40. The van der Waals surface area contributed by atoms with Gasteiger partial charge in [0.2, 0.25) is 0 Å². The summed E-state index contributed by atoms with van der Waals surface area (Å²) in [6, 6.07) is 17.6. The van der Waals surface area contributed by atoms with Gasteiger partial charge in [0.25, 0.3) is 0 Å². The van der Waals surface area contributed by atoms with Crippen molar-refractivity contribution in [3.8, 4) is 17.3 Å². The van der Waals surface area contributed by atoms with Gasteiger partial charge in [-0.1, -0.05) is 41.9 Å². The molecular formula is C27H28ClN4O7S+. The topological polar surface area (TPSA) is 153 Å². The van der Waals surface area contributed by atoms with Gasteiger partial charge in [-0.2, -0.15) is 4.98 Å². The van der Waals surface area contributed by atoms with Gasteiger partial charge >= 0.3 is 11.9 Å². The number of hydrogen-bond acceptors (Lipinski definition) is 9. The first kappa shape index (κ1) is 27.1. The first-order valence-corrected chi connectivity index (χ1v) is 15.0. The summed E-state index contributed by atoms with van der Waals surface area (Å²) >= 11 is 6.57. The third kappa shape index (κ3) is 4.97. The normalized spacial score (nSPS) is 24.5. The summed E-state index contributed by atoms with van der Waals surface area (Å²) in [4.78, 5) is 22.7. The zero-order valence-corrected chi connectivity index (χ0v) is 23.0. The van der Waals surface area contributed by atoms with Crippen molar-refractivity contribution in [1.82, 2.24) is 14.5 Å². The quantitative estimate of drug-likeness (QED) is 0.255. The summed E-state index contributed by atoms with van der Waals surface area (Å²) in [5, 5.41) is 20.4. The zero-order chi connectivity index (χ0) is 28.0. The maximum atomic E-state index is 12.9. The van der Waals surface area contributed by atoms with Crippen LogP contribution in [-0.2, 0) is 16.2 Å². The van der Waals surface area contributed by atoms with Crippen molar-refractivity contribution in [3.05, 3.63) is 71.2 Å². The number of primary amides is 1. The van der Waals surface area contributed by atoms with E-state index < -0.39 is 41.6 Å². The minimum Gasteiger partial charge on any atom is -0.456 e. The summed E-state index contributed by atoms with van der Waals surface area (Å²) in [5.41, 5.74) is 2.28. The number of halogens is 1. The number of carbonyl (C=O) groups is 1. The summed E-state index contributed by atoms with van der Waals surface area (Å²) < 4.78 is 30.9. The van der Waals surface area contributed by atoms with Gasteiger partial charge in [-0.15, -0.1) is 0 Å². The Kier molecular flexibility index (Phi) is 7.27. The van der Waals surface area contributed by atoms with Gasteiger partial charge in [0.15, 0.2) is 11.8 Å². The van der Waals surface area contributed by atoms with E-state index in [0.29, 0.717) is 37.9 Å². The molecular weight excluding hydrogens is 560 g/mol. The van der Waals surface area contributed by atoms with Gasteiger partial charge in [-0.05, 0) is 30.3 Å². The molecule has 2 fully saturated rings. The highest BCUT2D eigenvalue weighted by Gasteiger charge is 2.49. The number of benzene rings is 2. The van der Waals surface area contributed by atoms with Gasteiger partial charge in [-0.3, -0.25) is 4.57 Å². The molecule has 40 heavy (non-hydrogen) atoms. The van der Waals surface area contributed by atoms with E-state index in [2.05, 4.69) is 9.97 Å². The number of hydrogen-bond donors (Lipinski definition) is 4. The number of imidazole rings is 1. The smallest absolute Gasteiger partial charge is 0.354 e. The lowest BCUT2D eigenvalue weighted by Crippen LogP contribution is -2.87. The fraction of sp³-hybridized carbons (Fsp3) is 0.296. The first-order chi connectivity index (χ1) is 19.2. The van der Waals surface area contributed by atoms with Gasteiger partial charge in [0.05, 0.1) is 34.4 Å². The number of nitrogens with two attached hydrogens (primary N) is 1. The lowest BCUT2D eigenvalue weighted by atomic mass is 10.1. The SMILES string of the molecule is CS(O)([NH2+]C(=O)c1ccc(-c2nc3c(cc2Cl)nc(O[C@@H]2CO[C@@H]4C(O)CO[C@@H]42)n3CO)cc1)c1ccccc1. The summed E-state index contributed by atoms with van der Waals surface area (Å²) in [6.45, 7) is -0.0642. The van der Waals surface area contributed by atoms with Crippen molar-refractivity contribution in [2.24, 2.45) is 0 Å². The average Bonchev–Trinajstić information content (AvgIpc) is 3.63. The van der Waals surface area contributed by atoms with Crippen molar-refractivity contribution in [2.75, 3.05) is 19.5 Å². The molecule has 1 amide bonds. The number of fused-ring (bicyclic) bond motifs is 2. The van der Waals surface area contributed by atoms with Gasteiger partial charge < -0.3 is 29.0 Å². The molecule has 4 aromatic rings. The number of nitrogens with zero attached hydrogens (tertiary/aromatic N) is 3. The van der Waals surface area contributed by atoms with Crippen LogP contribution >= 0.6 is 22.1 Å². The Hall–Kier alpha value is -3.07. The molecule has 2 aromatic carbocycles. The first-order valence-electron chi connectivity index (χ1n) is 12.6. The maximum Gasteiger partial charge on any atom is 0.354 e. The van der Waals surface area contributed by atoms with Crippen molar-refractivity contribution in [1.29, 1.82) is 0 Å². The van der Waals surface area contributed by atoms with E-state index in [1.165, 1.54) is 9.29 Å². The molecule has 0 radical (unpaired) electrons. The number of carbonyl (C=O) groups excluding carboxylic acids is 1. The van der Waals surface area contributed by atoms with Crippen molar-refractivity contribution < 1.29 is 38.5 Å². The molecule has 5 N–H and O–H groups in total. The zero-order valence-electron chi connectivity index (χ0n) is 21.4. The molecule has 0 spiro atoms. The number of amides is 1. The lowest BCUT2D eigenvalue weighted by Gasteiger charge is -2.25. The van der Waals surface area contributed by atoms with Crippen LogP contribution in [-0.4, -0.2) is 79.1 Å². The van der Waals surface area contributed by atoms with Crippen LogP contribution in [0.25, 0.3) is 22.4 Å². The minimum atomic E-state index is -2.40. The second-order valence-electron chi connectivity index (χ2n) is 9.75. The predicted octanol–water partition coefficient (Wildman–Crippen LogP) is 2.19. The lowest BCUT2D eigenvalue weighted by molar-refractivity contribution is -0.387. The molecule has 2 unspecified atom stereocenters. The minimum absolute atomic E-state index is 0.127. The van der Waals surface area contributed by atoms with Crippen molar-refractivity contribution >= 4 is 39.2 Å². The van der Waals surface area contributed by atoms with E-state index in [0.717, 1.165) is 0 Å². The van der Waals surface area contributed by atoms with E-state index >= 15 is 0 Å². The fourth-order valence-corrected chi connectivity index (χ4v) is 6.59. The molecule has 2 saturated heterocycles. The molecule has 2 aliphatic rings. The van der Waals surface area contributed by atoms with E-state index in [-0.39, 0.29) is 25.1 Å². The third-order valence-corrected chi connectivity index (χ3v) is 9.21. The molecule has 0 saturated carbocycles. The Bertz CT molecular complexity index is 1550. The number of rotatable bonds is 7. The Morgan fingerprint density at radius 1 is 1.12 bits per heavy atom. The Morgan fingerprint density at radius 3 is 2.58 bits per heavy atom. The maximum absolute atomic E-state index is 12.9. The number of aliphatic hydroxyl groups excluding tert-OH is 2. The van der Waals surface area contributed by atoms with Crippen molar-refractivity contribution in [3.63, 3.8) is 0 Å². The van der Waals surface area contributed by atoms with Crippen LogP contribution in [0.1, 0.15) is 10.4 Å². The Morgan fingerprint density at radius 2 is 1.85 bits per heavy atom. The number of aromatic nitrogens is 3. The van der Waals surface area contributed by atoms with Crippen LogP contribution in [0, 0.1) is 0 Å². The molecule has 6 rings (SSSR count). The summed E-state index contributed by atoms with van der Waals surface area (Å²) in [5.74, 6) is -0.290. The molecule has 2 aromatic heterocycles. The number of quaternary nitrogens is 1. The van der Waals surface area contributed by atoms with Crippen LogP contribution in [0.15, 0.2) is 65.6 Å². The number of ether oxygens (including phenoxy) is 3. The molecule has 2 aliphatic heterocycles. The second-order valence-corrected chi connectivity index (χ2v) is 12.7. The van der Waals surface area contributed by atoms with Crippen LogP contribution in [0.3, 0.4) is 0 Å². The van der Waals surface area contributed by atoms with Gasteiger partial charge in [0.1, 0.15) is 30.6 Å². The van der Waals surface area contributed by atoms with Gasteiger partial charge in [0, 0.05) is 22.3 Å². The number of aliphatic hydroxyl groups is 2. The molecule has 11 nitrogen and oxygen atoms in total.